The maximum atomic E-state index is 12.9. The molecule has 128 valence electrons. The van der Waals surface area contributed by atoms with Gasteiger partial charge in [0.05, 0.1) is 13.0 Å². The number of nitrogens with one attached hydrogen (secondary N) is 1. The predicted molar refractivity (Wildman–Crippen MR) is 105 cm³/mol. The molecule has 0 saturated carbocycles. The minimum atomic E-state index is -0.220. The van der Waals surface area contributed by atoms with E-state index in [1.807, 2.05) is 60.7 Å². The summed E-state index contributed by atoms with van der Waals surface area (Å²) in [6.45, 7) is 0. The van der Waals surface area contributed by atoms with E-state index in [4.69, 9.17) is 4.74 Å². The number of methoxy groups -OCH3 is 1. The molecule has 26 heavy (non-hydrogen) atoms. The Bertz CT molecular complexity index is 895. The summed E-state index contributed by atoms with van der Waals surface area (Å²) in [5.74, 6) is 0.539. The van der Waals surface area contributed by atoms with Crippen molar-refractivity contribution < 1.29 is 9.53 Å². The van der Waals surface area contributed by atoms with E-state index >= 15 is 0 Å². The Labute approximate surface area is 152 Å². The molecule has 0 aromatic heterocycles. The molecule has 0 bridgehead atoms. The number of hydrogen-bond acceptors (Lipinski definition) is 2. The van der Waals surface area contributed by atoms with Crippen molar-refractivity contribution in [1.82, 2.24) is 0 Å². The number of carbonyl (C=O) groups excluding carboxylic acids is 1. The fraction of sp³-hybridized carbons (Fsp3) is 0.0870. The van der Waals surface area contributed by atoms with E-state index in [2.05, 4.69) is 29.6 Å². The maximum absolute atomic E-state index is 12.9. The first-order chi connectivity index (χ1) is 12.8. The zero-order valence-corrected chi connectivity index (χ0v) is 14.5. The van der Waals surface area contributed by atoms with E-state index in [9.17, 15) is 4.79 Å². The molecule has 3 aromatic rings. The summed E-state index contributed by atoms with van der Waals surface area (Å²) in [5, 5.41) is 3.02. The van der Waals surface area contributed by atoms with Crippen LogP contribution in [0.5, 0.6) is 5.75 Å². The number of amides is 1. The monoisotopic (exact) mass is 341 g/mol. The SMILES string of the molecule is COc1ccc(NC(=O)C2C(c3ccccc3)=C2c2ccccc2)cc1. The fourth-order valence-electron chi connectivity index (χ4n) is 3.25. The van der Waals surface area contributed by atoms with Crippen molar-refractivity contribution in [1.29, 1.82) is 0 Å². The van der Waals surface area contributed by atoms with Crippen LogP contribution in [0.4, 0.5) is 5.69 Å². The first-order valence-electron chi connectivity index (χ1n) is 8.58. The molecule has 3 nitrogen and oxygen atoms in total. The second kappa shape index (κ2) is 6.89. The summed E-state index contributed by atoms with van der Waals surface area (Å²) >= 11 is 0. The molecule has 0 radical (unpaired) electrons. The second-order valence-electron chi connectivity index (χ2n) is 6.21. The molecular weight excluding hydrogens is 322 g/mol. The molecule has 0 heterocycles. The lowest BCUT2D eigenvalue weighted by atomic mass is 10.1. The van der Waals surface area contributed by atoms with Gasteiger partial charge in [0, 0.05) is 5.69 Å². The lowest BCUT2D eigenvalue weighted by Gasteiger charge is -2.07. The highest BCUT2D eigenvalue weighted by molar-refractivity contribution is 6.25. The lowest BCUT2D eigenvalue weighted by Crippen LogP contribution is -2.16. The Kier molecular flexibility index (Phi) is 4.28. The van der Waals surface area contributed by atoms with E-state index in [0.29, 0.717) is 0 Å². The minimum Gasteiger partial charge on any atom is -0.497 e. The van der Waals surface area contributed by atoms with Gasteiger partial charge in [-0.2, -0.15) is 0 Å². The van der Waals surface area contributed by atoms with Gasteiger partial charge in [-0.05, 0) is 46.5 Å². The van der Waals surface area contributed by atoms with E-state index in [1.54, 1.807) is 7.11 Å². The summed E-state index contributed by atoms with van der Waals surface area (Å²) in [6, 6.07) is 27.6. The van der Waals surface area contributed by atoms with E-state index in [0.717, 1.165) is 33.7 Å². The van der Waals surface area contributed by atoms with Gasteiger partial charge >= 0.3 is 0 Å². The van der Waals surface area contributed by atoms with Crippen molar-refractivity contribution in [2.75, 3.05) is 12.4 Å². The minimum absolute atomic E-state index is 0.00660. The van der Waals surface area contributed by atoms with E-state index < -0.39 is 0 Å². The number of benzene rings is 3. The van der Waals surface area contributed by atoms with E-state index in [1.165, 1.54) is 0 Å². The van der Waals surface area contributed by atoms with Crippen LogP contribution >= 0.6 is 0 Å². The number of carbonyl (C=O) groups is 1. The third-order valence-corrected chi connectivity index (χ3v) is 4.57. The number of anilines is 1. The average molecular weight is 341 g/mol. The topological polar surface area (TPSA) is 38.3 Å². The average Bonchev–Trinajstić information content (AvgIpc) is 3.46. The number of hydrogen-bond donors (Lipinski definition) is 1. The lowest BCUT2D eigenvalue weighted by molar-refractivity contribution is -0.116. The summed E-state index contributed by atoms with van der Waals surface area (Å²) in [4.78, 5) is 12.9. The van der Waals surface area contributed by atoms with Gasteiger partial charge in [0.2, 0.25) is 5.91 Å². The van der Waals surface area contributed by atoms with Crippen molar-refractivity contribution >= 4 is 22.7 Å². The van der Waals surface area contributed by atoms with Crippen LogP contribution in [0.2, 0.25) is 0 Å². The van der Waals surface area contributed by atoms with Crippen LogP contribution in [-0.2, 0) is 4.79 Å². The van der Waals surface area contributed by atoms with Gasteiger partial charge in [-0.1, -0.05) is 60.7 Å². The first-order valence-corrected chi connectivity index (χ1v) is 8.58. The smallest absolute Gasteiger partial charge is 0.236 e. The highest BCUT2D eigenvalue weighted by atomic mass is 16.5. The van der Waals surface area contributed by atoms with E-state index in [-0.39, 0.29) is 11.8 Å². The Morgan fingerprint density at radius 1 is 0.769 bits per heavy atom. The summed E-state index contributed by atoms with van der Waals surface area (Å²) in [7, 11) is 1.62. The highest BCUT2D eigenvalue weighted by Crippen LogP contribution is 2.53. The molecule has 1 N–H and O–H groups in total. The third kappa shape index (κ3) is 3.11. The molecule has 0 aliphatic heterocycles. The van der Waals surface area contributed by atoms with Gasteiger partial charge in [0.1, 0.15) is 5.75 Å². The molecule has 0 unspecified atom stereocenters. The molecule has 0 atom stereocenters. The number of ether oxygens (including phenoxy) is 1. The molecule has 0 saturated heterocycles. The van der Waals surface area contributed by atoms with Crippen LogP contribution < -0.4 is 10.1 Å². The molecule has 4 rings (SSSR count). The molecular formula is C23H19NO2. The zero-order valence-electron chi connectivity index (χ0n) is 14.5. The predicted octanol–water partition coefficient (Wildman–Crippen LogP) is 4.87. The molecule has 3 aromatic carbocycles. The standard InChI is InChI=1S/C23H19NO2/c1-26-19-14-12-18(13-15-19)24-23(25)22-20(16-8-4-2-5-9-16)21(22)17-10-6-3-7-11-17/h2-15,22H,1H3,(H,24,25). The normalized spacial score (nSPS) is 13.4. The van der Waals surface area contributed by atoms with Gasteiger partial charge in [0.25, 0.3) is 0 Å². The maximum Gasteiger partial charge on any atom is 0.236 e. The first kappa shape index (κ1) is 16.2. The largest absolute Gasteiger partial charge is 0.497 e. The third-order valence-electron chi connectivity index (χ3n) is 4.57. The van der Waals surface area contributed by atoms with Gasteiger partial charge in [-0.15, -0.1) is 0 Å². The Hall–Kier alpha value is -3.33. The Morgan fingerprint density at radius 3 is 1.73 bits per heavy atom. The van der Waals surface area contributed by atoms with Crippen molar-refractivity contribution in [3.05, 3.63) is 96.1 Å². The van der Waals surface area contributed by atoms with Gasteiger partial charge < -0.3 is 10.1 Å². The van der Waals surface area contributed by atoms with Gasteiger partial charge in [0.15, 0.2) is 0 Å². The molecule has 0 fully saturated rings. The van der Waals surface area contributed by atoms with Crippen LogP contribution in [0, 0.1) is 5.92 Å². The van der Waals surface area contributed by atoms with Gasteiger partial charge in [-0.25, -0.2) is 0 Å². The van der Waals surface area contributed by atoms with Crippen LogP contribution in [0.25, 0.3) is 11.1 Å². The summed E-state index contributed by atoms with van der Waals surface area (Å²) in [6.07, 6.45) is 0. The second-order valence-corrected chi connectivity index (χ2v) is 6.21. The zero-order chi connectivity index (χ0) is 17.9. The van der Waals surface area contributed by atoms with Crippen molar-refractivity contribution in [2.45, 2.75) is 0 Å². The van der Waals surface area contributed by atoms with Crippen LogP contribution in [-0.4, -0.2) is 13.0 Å². The van der Waals surface area contributed by atoms with Gasteiger partial charge in [-0.3, -0.25) is 4.79 Å². The van der Waals surface area contributed by atoms with Crippen LogP contribution in [0.15, 0.2) is 84.9 Å². The van der Waals surface area contributed by atoms with Crippen molar-refractivity contribution in [3.63, 3.8) is 0 Å². The summed E-state index contributed by atoms with van der Waals surface area (Å²) in [5.41, 5.74) is 5.16. The Morgan fingerprint density at radius 2 is 1.27 bits per heavy atom. The summed E-state index contributed by atoms with van der Waals surface area (Å²) < 4.78 is 5.16. The molecule has 1 aliphatic carbocycles. The molecule has 0 spiro atoms. The molecule has 1 aliphatic rings. The molecule has 1 amide bonds. The fourth-order valence-corrected chi connectivity index (χ4v) is 3.25. The Balaban J connectivity index is 1.60. The van der Waals surface area contributed by atoms with Crippen LogP contribution in [0.3, 0.4) is 0 Å². The number of rotatable bonds is 5. The van der Waals surface area contributed by atoms with Crippen molar-refractivity contribution in [2.24, 2.45) is 5.92 Å². The molecule has 3 heteroatoms. The van der Waals surface area contributed by atoms with Crippen LogP contribution in [0.1, 0.15) is 11.1 Å². The quantitative estimate of drug-likeness (QED) is 0.719. The van der Waals surface area contributed by atoms with Crippen molar-refractivity contribution in [3.8, 4) is 5.75 Å². The highest BCUT2D eigenvalue weighted by Gasteiger charge is 2.43.